The zero-order valence-electron chi connectivity index (χ0n) is 13.4. The highest BCUT2D eigenvalue weighted by molar-refractivity contribution is 7.10. The third kappa shape index (κ3) is 3.80. The van der Waals surface area contributed by atoms with Crippen LogP contribution in [0.4, 0.5) is 0 Å². The van der Waals surface area contributed by atoms with Crippen LogP contribution in [0.25, 0.3) is 0 Å². The number of ether oxygens (including phenoxy) is 1. The molecule has 1 aliphatic heterocycles. The number of nitrogens with one attached hydrogen (secondary N) is 2. The molecule has 3 heterocycles. The van der Waals surface area contributed by atoms with Crippen LogP contribution in [0.15, 0.2) is 29.9 Å². The Hall–Kier alpha value is -1.70. The van der Waals surface area contributed by atoms with Crippen LogP contribution in [-0.4, -0.2) is 53.6 Å². The molecule has 1 fully saturated rings. The lowest BCUT2D eigenvalue weighted by Crippen LogP contribution is -2.36. The van der Waals surface area contributed by atoms with E-state index in [-0.39, 0.29) is 24.2 Å². The van der Waals surface area contributed by atoms with Crippen molar-refractivity contribution in [1.82, 2.24) is 20.2 Å². The molecule has 0 radical (unpaired) electrons. The second kappa shape index (κ2) is 7.25. The fourth-order valence-electron chi connectivity index (χ4n) is 2.80. The van der Waals surface area contributed by atoms with Gasteiger partial charge >= 0.3 is 0 Å². The summed E-state index contributed by atoms with van der Waals surface area (Å²) in [5, 5.41) is 5.58. The Balaban J connectivity index is 1.59. The van der Waals surface area contributed by atoms with E-state index in [0.29, 0.717) is 6.54 Å². The standard InChI is InChI=1S/C16H22N4O2S/c1-20(2)16(21)12-6-5-11(22-12)10-19-14(13-4-3-9-23-13)15-17-7-8-18-15/h3-4,7-9,11-12,14,19H,5-6,10H2,1-2H3,(H,17,18)/t11-,12+,14-/m1/s1. The van der Waals surface area contributed by atoms with Gasteiger partial charge in [0.1, 0.15) is 18.0 Å². The topological polar surface area (TPSA) is 70.2 Å². The molecule has 0 spiro atoms. The van der Waals surface area contributed by atoms with Gasteiger partial charge in [-0.1, -0.05) is 6.07 Å². The molecular formula is C16H22N4O2S. The van der Waals surface area contributed by atoms with E-state index in [0.717, 1.165) is 18.7 Å². The number of hydrogen-bond donors (Lipinski definition) is 2. The van der Waals surface area contributed by atoms with Crippen LogP contribution in [0.2, 0.25) is 0 Å². The lowest BCUT2D eigenvalue weighted by Gasteiger charge is -2.20. The Morgan fingerprint density at radius 1 is 1.57 bits per heavy atom. The average Bonchev–Trinajstić information content (AvgIpc) is 3.29. The average molecular weight is 334 g/mol. The SMILES string of the molecule is CN(C)C(=O)[C@@H]1CC[C@H](CN[C@@H](c2ncc[nH]2)c2cccs2)O1. The molecule has 1 aliphatic rings. The number of carbonyl (C=O) groups is 1. The minimum atomic E-state index is -0.305. The normalized spacial score (nSPS) is 22.2. The molecule has 23 heavy (non-hydrogen) atoms. The van der Waals surface area contributed by atoms with Gasteiger partial charge in [0.15, 0.2) is 0 Å². The number of likely N-dealkylation sites (N-methyl/N-ethyl adjacent to an activating group) is 1. The van der Waals surface area contributed by atoms with E-state index in [1.807, 2.05) is 12.3 Å². The quantitative estimate of drug-likeness (QED) is 0.845. The highest BCUT2D eigenvalue weighted by atomic mass is 32.1. The summed E-state index contributed by atoms with van der Waals surface area (Å²) in [6.07, 6.45) is 5.02. The number of nitrogens with zero attached hydrogens (tertiary/aromatic N) is 2. The van der Waals surface area contributed by atoms with Crippen LogP contribution in [0, 0.1) is 0 Å². The molecule has 6 nitrogen and oxygen atoms in total. The Morgan fingerprint density at radius 3 is 3.09 bits per heavy atom. The van der Waals surface area contributed by atoms with Gasteiger partial charge in [0, 0.05) is 37.9 Å². The van der Waals surface area contributed by atoms with Crippen LogP contribution >= 0.6 is 11.3 Å². The number of aromatic nitrogens is 2. The summed E-state index contributed by atoms with van der Waals surface area (Å²) < 4.78 is 5.89. The molecule has 0 aliphatic carbocycles. The number of rotatable bonds is 6. The van der Waals surface area contributed by atoms with E-state index in [9.17, 15) is 4.79 Å². The molecule has 1 saturated heterocycles. The second-order valence-corrected chi connectivity index (χ2v) is 6.87. The second-order valence-electron chi connectivity index (χ2n) is 5.89. The van der Waals surface area contributed by atoms with E-state index >= 15 is 0 Å². The molecule has 0 saturated carbocycles. The maximum atomic E-state index is 12.0. The molecule has 1 amide bonds. The molecule has 2 N–H and O–H groups in total. The van der Waals surface area contributed by atoms with Crippen molar-refractivity contribution >= 4 is 17.2 Å². The van der Waals surface area contributed by atoms with Gasteiger partial charge in [-0.15, -0.1) is 11.3 Å². The summed E-state index contributed by atoms with van der Waals surface area (Å²) in [7, 11) is 3.53. The number of H-pyrrole nitrogens is 1. The van der Waals surface area contributed by atoms with E-state index in [4.69, 9.17) is 4.74 Å². The number of amides is 1. The summed E-state index contributed by atoms with van der Waals surface area (Å²) in [5.74, 6) is 0.944. The molecule has 7 heteroatoms. The van der Waals surface area contributed by atoms with Crippen molar-refractivity contribution in [3.63, 3.8) is 0 Å². The summed E-state index contributed by atoms with van der Waals surface area (Å²) >= 11 is 1.70. The first-order valence-corrected chi connectivity index (χ1v) is 8.66. The first-order valence-electron chi connectivity index (χ1n) is 7.78. The predicted octanol–water partition coefficient (Wildman–Crippen LogP) is 1.79. The van der Waals surface area contributed by atoms with Gasteiger partial charge in [-0.3, -0.25) is 4.79 Å². The predicted molar refractivity (Wildman–Crippen MR) is 89.3 cm³/mol. The number of hydrogen-bond acceptors (Lipinski definition) is 5. The minimum Gasteiger partial charge on any atom is -0.364 e. The first-order chi connectivity index (χ1) is 11.1. The number of imidazole rings is 1. The maximum absolute atomic E-state index is 12.0. The van der Waals surface area contributed by atoms with Crippen molar-refractivity contribution in [3.8, 4) is 0 Å². The molecule has 0 bridgehead atoms. The smallest absolute Gasteiger partial charge is 0.251 e. The van der Waals surface area contributed by atoms with Crippen LogP contribution < -0.4 is 5.32 Å². The van der Waals surface area contributed by atoms with Crippen LogP contribution in [-0.2, 0) is 9.53 Å². The number of carbonyl (C=O) groups excluding carboxylic acids is 1. The summed E-state index contributed by atoms with van der Waals surface area (Å²) in [4.78, 5) is 22.3. The Labute approximate surface area is 139 Å². The Kier molecular flexibility index (Phi) is 5.09. The van der Waals surface area contributed by atoms with Crippen LogP contribution in [0.5, 0.6) is 0 Å². The molecule has 2 aromatic rings. The van der Waals surface area contributed by atoms with Crippen molar-refractivity contribution in [3.05, 3.63) is 40.6 Å². The molecule has 3 rings (SSSR count). The first kappa shape index (κ1) is 16.2. The molecule has 0 unspecified atom stereocenters. The molecule has 2 aromatic heterocycles. The van der Waals surface area contributed by atoms with Gasteiger partial charge in [-0.05, 0) is 24.3 Å². The monoisotopic (exact) mass is 334 g/mol. The molecule has 0 aromatic carbocycles. The van der Waals surface area contributed by atoms with Crippen molar-refractivity contribution in [2.45, 2.75) is 31.1 Å². The van der Waals surface area contributed by atoms with Crippen molar-refractivity contribution in [2.75, 3.05) is 20.6 Å². The van der Waals surface area contributed by atoms with Crippen molar-refractivity contribution in [1.29, 1.82) is 0 Å². The van der Waals surface area contributed by atoms with Gasteiger partial charge < -0.3 is 19.9 Å². The van der Waals surface area contributed by atoms with Crippen LogP contribution in [0.3, 0.4) is 0 Å². The minimum absolute atomic E-state index is 0.0252. The zero-order valence-corrected chi connectivity index (χ0v) is 14.2. The summed E-state index contributed by atoms with van der Waals surface area (Å²) in [5.41, 5.74) is 0. The number of thiophene rings is 1. The van der Waals surface area contributed by atoms with Gasteiger partial charge in [-0.2, -0.15) is 0 Å². The highest BCUT2D eigenvalue weighted by Crippen LogP contribution is 2.25. The fraction of sp³-hybridized carbons (Fsp3) is 0.500. The summed E-state index contributed by atoms with van der Waals surface area (Å²) in [6.45, 7) is 0.695. The molecule has 3 atom stereocenters. The van der Waals surface area contributed by atoms with E-state index < -0.39 is 0 Å². The highest BCUT2D eigenvalue weighted by Gasteiger charge is 2.32. The maximum Gasteiger partial charge on any atom is 0.251 e. The third-order valence-electron chi connectivity index (χ3n) is 3.99. The van der Waals surface area contributed by atoms with Crippen LogP contribution in [0.1, 0.15) is 29.6 Å². The zero-order chi connectivity index (χ0) is 16.2. The van der Waals surface area contributed by atoms with E-state index in [1.165, 1.54) is 4.88 Å². The van der Waals surface area contributed by atoms with E-state index in [1.54, 1.807) is 36.5 Å². The van der Waals surface area contributed by atoms with Crippen molar-refractivity contribution in [2.24, 2.45) is 0 Å². The lowest BCUT2D eigenvalue weighted by molar-refractivity contribution is -0.140. The van der Waals surface area contributed by atoms with E-state index in [2.05, 4.69) is 26.7 Å². The van der Waals surface area contributed by atoms with Gasteiger partial charge in [0.2, 0.25) is 0 Å². The Morgan fingerprint density at radius 2 is 2.43 bits per heavy atom. The van der Waals surface area contributed by atoms with Gasteiger partial charge in [0.05, 0.1) is 6.10 Å². The summed E-state index contributed by atoms with van der Waals surface area (Å²) in [6, 6.07) is 4.16. The lowest BCUT2D eigenvalue weighted by atomic mass is 10.1. The Bertz CT molecular complexity index is 578. The van der Waals surface area contributed by atoms with Gasteiger partial charge in [0.25, 0.3) is 5.91 Å². The van der Waals surface area contributed by atoms with Gasteiger partial charge in [-0.25, -0.2) is 4.98 Å². The largest absolute Gasteiger partial charge is 0.364 e. The number of aromatic amines is 1. The third-order valence-corrected chi connectivity index (χ3v) is 4.93. The fourth-order valence-corrected chi connectivity index (χ4v) is 3.60. The molecule has 124 valence electrons. The van der Waals surface area contributed by atoms with Crippen molar-refractivity contribution < 1.29 is 9.53 Å². The molecular weight excluding hydrogens is 312 g/mol.